The van der Waals surface area contributed by atoms with Gasteiger partial charge >= 0.3 is 5.97 Å². The van der Waals surface area contributed by atoms with E-state index in [9.17, 15) is 19.9 Å². The predicted molar refractivity (Wildman–Crippen MR) is 187 cm³/mol. The number of fused-ring (bicyclic) bond motifs is 3. The number of carboxylic acids is 1. The van der Waals surface area contributed by atoms with E-state index in [1.54, 1.807) is 12.1 Å². The number of aromatic carboxylic acids is 1. The van der Waals surface area contributed by atoms with Crippen molar-refractivity contribution in [3.05, 3.63) is 109 Å². The molecule has 3 aliphatic rings. The van der Waals surface area contributed by atoms with Crippen molar-refractivity contribution in [1.29, 1.82) is 0 Å². The number of halogens is 2. The maximum absolute atomic E-state index is 13.7. The van der Waals surface area contributed by atoms with Crippen LogP contribution in [0.15, 0.2) is 67.0 Å². The summed E-state index contributed by atoms with van der Waals surface area (Å²) in [6.07, 6.45) is 5.89. The highest BCUT2D eigenvalue weighted by Crippen LogP contribution is 2.42. The summed E-state index contributed by atoms with van der Waals surface area (Å²) >= 11 is 14.2. The van der Waals surface area contributed by atoms with Crippen LogP contribution in [0.1, 0.15) is 68.0 Å². The molecular formula is C37H39Cl2N3O7S. The summed E-state index contributed by atoms with van der Waals surface area (Å²) < 4.78 is 17.8. The number of carboxylic acid groups (broad SMARTS) is 1. The lowest BCUT2D eigenvalue weighted by molar-refractivity contribution is -0.904. The molecule has 3 aliphatic heterocycles. The second-order valence-electron chi connectivity index (χ2n) is 12.9. The van der Waals surface area contributed by atoms with E-state index in [1.807, 2.05) is 42.5 Å². The molecule has 7 rings (SSSR count). The monoisotopic (exact) mass is 739 g/mol. The number of thiophene rings is 1. The van der Waals surface area contributed by atoms with E-state index in [0.29, 0.717) is 39.7 Å². The highest BCUT2D eigenvalue weighted by atomic mass is 35.5. The number of hydrogen-bond donors (Lipinski definition) is 2. The van der Waals surface area contributed by atoms with Gasteiger partial charge in [-0.15, -0.1) is 11.3 Å². The molecule has 5 heterocycles. The second kappa shape index (κ2) is 15.6. The average molecular weight is 741 g/mol. The summed E-state index contributed by atoms with van der Waals surface area (Å²) in [5.74, 6) is -1.31. The number of rotatable bonds is 14. The van der Waals surface area contributed by atoms with Crippen molar-refractivity contribution in [2.24, 2.45) is 5.41 Å². The van der Waals surface area contributed by atoms with Gasteiger partial charge in [0, 0.05) is 33.0 Å². The summed E-state index contributed by atoms with van der Waals surface area (Å²) in [7, 11) is 3.06. The first kappa shape index (κ1) is 35.9. The van der Waals surface area contributed by atoms with Crippen LogP contribution in [0.25, 0.3) is 0 Å². The first-order chi connectivity index (χ1) is 24.1. The number of piperidine rings is 3. The summed E-state index contributed by atoms with van der Waals surface area (Å²) in [6.45, 7) is 3.68. The number of methoxy groups -OCH3 is 2. The lowest BCUT2D eigenvalue weighted by Gasteiger charge is -2.48. The molecule has 13 heteroatoms. The Bertz CT molecular complexity index is 1810. The molecule has 4 aromatic rings. The molecule has 3 saturated heterocycles. The number of aromatic nitrogens is 1. The van der Waals surface area contributed by atoms with Crippen molar-refractivity contribution in [1.82, 2.24) is 10.2 Å². The summed E-state index contributed by atoms with van der Waals surface area (Å²) in [4.78, 5) is 29.5. The highest BCUT2D eigenvalue weighted by Gasteiger charge is 2.41. The first-order valence-electron chi connectivity index (χ1n) is 16.4. The quantitative estimate of drug-likeness (QED) is 0.102. The Balaban J connectivity index is 1.31. The number of esters is 1. The number of nitrogens with one attached hydrogen (secondary N) is 1. The van der Waals surface area contributed by atoms with Gasteiger partial charge in [-0.1, -0.05) is 59.6 Å². The van der Waals surface area contributed by atoms with Crippen LogP contribution < -0.4 is 24.6 Å². The lowest BCUT2D eigenvalue weighted by atomic mass is 9.73. The first-order valence-corrected chi connectivity index (χ1v) is 18.0. The minimum atomic E-state index is -1.34. The van der Waals surface area contributed by atoms with E-state index in [-0.39, 0.29) is 39.3 Å². The van der Waals surface area contributed by atoms with Crippen LogP contribution in [0.5, 0.6) is 11.5 Å². The van der Waals surface area contributed by atoms with Crippen LogP contribution in [-0.2, 0) is 22.5 Å². The topological polar surface area (TPSA) is 124 Å². The minimum Gasteiger partial charge on any atom is -0.544 e. The number of hydrogen-bond acceptors (Lipinski definition) is 10. The Hall–Kier alpha value is -3.87. The van der Waals surface area contributed by atoms with Gasteiger partial charge in [-0.3, -0.25) is 10.5 Å². The standard InChI is InChI=1S/C37H39Cl2N3O7S/c1-47-31-9-8-24(16-32(31)48-2)26(18-28-29(38)20-42(46)21-30(28)39)27-17-25(50-34(27)35(43)44)19-40-33(23-6-4-3-5-7-23)36(45)49-22-37-10-13-41(14-11-37)15-12-37/h3-9,16-17,20-21,26,33,40H,10-15,18-19,22H2,1-2H3,(H-,43,44,46)/t26-,33?/m0/s1. The number of carbonyl (C=O) groups is 2. The van der Waals surface area contributed by atoms with Gasteiger partial charge in [-0.2, -0.15) is 0 Å². The number of benzene rings is 2. The summed E-state index contributed by atoms with van der Waals surface area (Å²) in [5.41, 5.74) is 2.49. The number of nitrogens with zero attached hydrogens (tertiary/aromatic N) is 2. The predicted octanol–water partition coefficient (Wildman–Crippen LogP) is 5.20. The van der Waals surface area contributed by atoms with Crippen molar-refractivity contribution >= 4 is 46.5 Å². The van der Waals surface area contributed by atoms with E-state index in [0.717, 1.165) is 60.5 Å². The fourth-order valence-corrected chi connectivity index (χ4v) is 8.60. The number of carbonyl (C=O) groups excluding carboxylic acids is 2. The molecule has 2 N–H and O–H groups in total. The van der Waals surface area contributed by atoms with Gasteiger partial charge in [0.05, 0.1) is 31.7 Å². The van der Waals surface area contributed by atoms with Gasteiger partial charge in [0.25, 0.3) is 0 Å². The van der Waals surface area contributed by atoms with Crippen LogP contribution in [0.2, 0.25) is 10.0 Å². The molecule has 2 bridgehead atoms. The Morgan fingerprint density at radius 3 is 2.26 bits per heavy atom. The van der Waals surface area contributed by atoms with Gasteiger partial charge in [-0.25, -0.2) is 4.79 Å². The molecular weight excluding hydrogens is 701 g/mol. The molecule has 264 valence electrons. The lowest BCUT2D eigenvalue weighted by Crippen LogP contribution is -2.50. The fourth-order valence-electron chi connectivity index (χ4n) is 6.99. The Morgan fingerprint density at radius 1 is 0.980 bits per heavy atom. The van der Waals surface area contributed by atoms with Crippen molar-refractivity contribution < 1.29 is 38.8 Å². The van der Waals surface area contributed by atoms with Crippen molar-refractivity contribution in [2.75, 3.05) is 40.5 Å². The van der Waals surface area contributed by atoms with E-state index in [4.69, 9.17) is 37.4 Å². The average Bonchev–Trinajstić information content (AvgIpc) is 3.56. The third kappa shape index (κ3) is 7.87. The minimum absolute atomic E-state index is 0.0266. The fraction of sp³-hybridized carbons (Fsp3) is 0.378. The molecule has 0 amide bonds. The Kier molecular flexibility index (Phi) is 11.2. The molecule has 2 atom stereocenters. The van der Waals surface area contributed by atoms with Crippen molar-refractivity contribution in [2.45, 2.75) is 44.2 Å². The van der Waals surface area contributed by atoms with Gasteiger partial charge in [-0.05, 0) is 80.2 Å². The van der Waals surface area contributed by atoms with E-state index >= 15 is 0 Å². The van der Waals surface area contributed by atoms with Gasteiger partial charge in [0.2, 0.25) is 12.4 Å². The molecule has 0 spiro atoms. The third-order valence-corrected chi connectivity index (χ3v) is 11.7. The smallest absolute Gasteiger partial charge is 0.327 e. The second-order valence-corrected chi connectivity index (χ2v) is 14.8. The van der Waals surface area contributed by atoms with Gasteiger partial charge in [0.1, 0.15) is 16.1 Å². The van der Waals surface area contributed by atoms with Crippen molar-refractivity contribution in [3.8, 4) is 11.5 Å². The third-order valence-electron chi connectivity index (χ3n) is 9.90. The zero-order chi connectivity index (χ0) is 35.4. The van der Waals surface area contributed by atoms with E-state index < -0.39 is 17.9 Å². The zero-order valence-corrected chi connectivity index (χ0v) is 30.2. The highest BCUT2D eigenvalue weighted by molar-refractivity contribution is 7.14. The van der Waals surface area contributed by atoms with Crippen LogP contribution in [-0.4, -0.2) is 62.5 Å². The molecule has 2 aromatic carbocycles. The molecule has 50 heavy (non-hydrogen) atoms. The van der Waals surface area contributed by atoms with E-state index in [1.165, 1.54) is 26.6 Å². The molecule has 0 radical (unpaired) electrons. The van der Waals surface area contributed by atoms with Crippen LogP contribution in [0.4, 0.5) is 0 Å². The van der Waals surface area contributed by atoms with Crippen LogP contribution in [0.3, 0.4) is 0 Å². The maximum atomic E-state index is 13.7. The summed E-state index contributed by atoms with van der Waals surface area (Å²) in [5, 5.41) is 26.4. The molecule has 2 aromatic heterocycles. The Morgan fingerprint density at radius 2 is 1.64 bits per heavy atom. The number of pyridine rings is 1. The normalized spacial score (nSPS) is 19.5. The van der Waals surface area contributed by atoms with Gasteiger partial charge in [0.15, 0.2) is 11.5 Å². The largest absolute Gasteiger partial charge is 0.544 e. The maximum Gasteiger partial charge on any atom is 0.327 e. The van der Waals surface area contributed by atoms with Crippen LogP contribution in [0, 0.1) is 5.41 Å². The number of ether oxygens (including phenoxy) is 3. The molecule has 10 nitrogen and oxygen atoms in total. The SMILES string of the molecule is COc1ccc([C@H](Cc2c(Cl)c[n+](O)cc2Cl)c2cc(CNC(C(=O)OCC34CCN(CC3)CC4)c3ccccc3)sc2C(=O)[O-])cc1OC. The molecule has 3 fully saturated rings. The molecule has 0 aliphatic carbocycles. The van der Waals surface area contributed by atoms with E-state index in [2.05, 4.69) is 10.2 Å². The Labute approximate surface area is 305 Å². The van der Waals surface area contributed by atoms with Crippen LogP contribution >= 0.6 is 34.5 Å². The van der Waals surface area contributed by atoms with Gasteiger partial charge < -0.3 is 29.0 Å². The van der Waals surface area contributed by atoms with Crippen molar-refractivity contribution in [3.63, 3.8) is 0 Å². The molecule has 1 unspecified atom stereocenters. The zero-order valence-electron chi connectivity index (χ0n) is 27.8. The summed E-state index contributed by atoms with van der Waals surface area (Å²) in [6, 6.07) is 15.8. The molecule has 0 saturated carbocycles.